The Morgan fingerprint density at radius 3 is 2.25 bits per heavy atom. The van der Waals surface area contributed by atoms with Gasteiger partial charge in [-0.25, -0.2) is 14.8 Å². The van der Waals surface area contributed by atoms with E-state index in [1.165, 1.54) is 7.11 Å². The van der Waals surface area contributed by atoms with Crippen LogP contribution in [-0.2, 0) is 19.1 Å². The minimum atomic E-state index is -0.691. The molecule has 3 heterocycles. The molecular formula is C43H58N8O5. The molecule has 1 aliphatic heterocycles. The van der Waals surface area contributed by atoms with Crippen molar-refractivity contribution in [1.82, 2.24) is 40.8 Å². The van der Waals surface area contributed by atoms with Gasteiger partial charge in [0, 0.05) is 25.4 Å². The van der Waals surface area contributed by atoms with Gasteiger partial charge in [-0.05, 0) is 66.7 Å². The van der Waals surface area contributed by atoms with E-state index in [2.05, 4.69) is 49.6 Å². The molecule has 1 aromatic carbocycles. The summed E-state index contributed by atoms with van der Waals surface area (Å²) >= 11 is 0. The number of allylic oxidation sites excluding steroid dienone is 5. The number of ether oxygens (including phenoxy) is 1. The number of benzene rings is 1. The first-order valence-electron chi connectivity index (χ1n) is 19.8. The van der Waals surface area contributed by atoms with E-state index in [4.69, 9.17) is 9.72 Å². The first kappa shape index (κ1) is 41.7. The molecule has 13 nitrogen and oxygen atoms in total. The zero-order valence-corrected chi connectivity index (χ0v) is 33.8. The topological polar surface area (TPSA) is 174 Å². The molecule has 5 N–H and O–H groups in total. The number of likely N-dealkylation sites (N-methyl/N-ethyl adjacent to an activating group) is 1. The van der Waals surface area contributed by atoms with Crippen LogP contribution >= 0.6 is 0 Å². The number of rotatable bonds is 14. The Morgan fingerprint density at radius 1 is 0.893 bits per heavy atom. The number of imidazole rings is 2. The van der Waals surface area contributed by atoms with Crippen molar-refractivity contribution < 1.29 is 23.9 Å². The van der Waals surface area contributed by atoms with Crippen molar-refractivity contribution in [2.24, 2.45) is 17.8 Å². The third-order valence-corrected chi connectivity index (χ3v) is 11.0. The third-order valence-electron chi connectivity index (χ3n) is 11.0. The molecule has 56 heavy (non-hydrogen) atoms. The van der Waals surface area contributed by atoms with Crippen LogP contribution < -0.4 is 16.0 Å². The Hall–Kier alpha value is -5.46. The summed E-state index contributed by atoms with van der Waals surface area (Å²) in [7, 11) is 2.87. The van der Waals surface area contributed by atoms with Crippen molar-refractivity contribution in [2.75, 3.05) is 20.7 Å². The number of H-pyrrole nitrogens is 2. The number of aromatic nitrogens is 4. The summed E-state index contributed by atoms with van der Waals surface area (Å²) in [5.41, 5.74) is 5.41. The highest BCUT2D eigenvalue weighted by Gasteiger charge is 2.38. The third kappa shape index (κ3) is 9.66. The van der Waals surface area contributed by atoms with Crippen molar-refractivity contribution in [1.29, 1.82) is 0 Å². The number of alkyl carbamates (subject to hydrolysis) is 1. The van der Waals surface area contributed by atoms with Crippen LogP contribution in [-0.4, -0.2) is 81.4 Å². The largest absolute Gasteiger partial charge is 0.453 e. The Morgan fingerprint density at radius 2 is 1.59 bits per heavy atom. The molecule has 2 fully saturated rings. The lowest BCUT2D eigenvalue weighted by atomic mass is 9.78. The number of likely N-dealkylation sites (tertiary alicyclic amines) is 1. The average molecular weight is 767 g/mol. The first-order chi connectivity index (χ1) is 26.9. The van der Waals surface area contributed by atoms with Crippen LogP contribution in [0, 0.1) is 17.8 Å². The lowest BCUT2D eigenvalue weighted by Gasteiger charge is -2.31. The zero-order chi connectivity index (χ0) is 40.5. The molecule has 13 heteroatoms. The Balaban J connectivity index is 1.23. The highest BCUT2D eigenvalue weighted by atomic mass is 16.5. The molecule has 1 saturated carbocycles. The molecule has 4 amide bonds. The van der Waals surface area contributed by atoms with Crippen molar-refractivity contribution in [3.8, 4) is 11.3 Å². The van der Waals surface area contributed by atoms with E-state index in [1.807, 2.05) is 65.0 Å². The molecule has 0 radical (unpaired) electrons. The van der Waals surface area contributed by atoms with Gasteiger partial charge in [-0.3, -0.25) is 14.4 Å². The highest BCUT2D eigenvalue weighted by molar-refractivity contribution is 5.89. The number of hydrogen-bond donors (Lipinski definition) is 5. The summed E-state index contributed by atoms with van der Waals surface area (Å²) in [5.74, 6) is 0.552. The molecule has 0 bridgehead atoms. The second-order valence-electron chi connectivity index (χ2n) is 15.4. The molecule has 4 unspecified atom stereocenters. The molecule has 1 aliphatic carbocycles. The van der Waals surface area contributed by atoms with Gasteiger partial charge >= 0.3 is 6.09 Å². The fourth-order valence-electron chi connectivity index (χ4n) is 7.74. The van der Waals surface area contributed by atoms with Gasteiger partial charge in [0.25, 0.3) is 0 Å². The van der Waals surface area contributed by atoms with Gasteiger partial charge in [0.15, 0.2) is 0 Å². The minimum absolute atomic E-state index is 0.0348. The molecule has 1 saturated heterocycles. The predicted molar refractivity (Wildman–Crippen MR) is 218 cm³/mol. The number of aromatic amines is 2. The molecule has 5 atom stereocenters. The lowest BCUT2D eigenvalue weighted by Crippen LogP contribution is -2.51. The number of hydrogen-bond acceptors (Lipinski definition) is 7. The summed E-state index contributed by atoms with van der Waals surface area (Å²) in [5, 5.41) is 8.36. The van der Waals surface area contributed by atoms with Crippen molar-refractivity contribution in [3.63, 3.8) is 0 Å². The molecular weight excluding hydrogens is 709 g/mol. The van der Waals surface area contributed by atoms with Crippen LogP contribution in [0.1, 0.15) is 108 Å². The standard InChI is InChI=1S/C43H58N8O5/c1-9-28(17-16-27(6)33-23-45-38(47-33)31-13-10-11-14-32(31)40(52)49-36(25(2)3)41(53)44-7)29-18-20-30(21-19-29)34-24-46-39(48-34)35-15-12-22-51(35)42(54)37(26(4)5)50-43(55)56-8/h9,16-21,23-26,31-32,35-37H,6,10-15,22H2,1-5,7-8H3,(H,44,53)(H,45,47)(H,46,48)(H,49,52)(H,50,55)/b17-16-,28-9+/t31-,32?,35?,36?,37?/m1/s1. The van der Waals surface area contributed by atoms with E-state index >= 15 is 0 Å². The summed E-state index contributed by atoms with van der Waals surface area (Å²) in [6, 6.07) is 6.72. The maximum absolute atomic E-state index is 13.5. The Labute approximate surface area is 330 Å². The first-order valence-corrected chi connectivity index (χ1v) is 19.8. The number of amides is 4. The van der Waals surface area contributed by atoms with Crippen LogP contribution in [0.2, 0.25) is 0 Å². The van der Waals surface area contributed by atoms with E-state index in [9.17, 15) is 19.2 Å². The number of carbonyl (C=O) groups excluding carboxylic acids is 4. The van der Waals surface area contributed by atoms with Crippen LogP contribution in [0.5, 0.6) is 0 Å². The SMILES string of the molecule is C=C(/C=C\C(=C/C)c1ccc(-c2cnc(C3CCCN3C(=O)C(NC(=O)OC)C(C)C)[nH]2)cc1)c1cnc([C@@H]2CCCCC2C(=O)NC(C(=O)NC)C(C)C)[nH]1. The molecule has 2 aliphatic rings. The van der Waals surface area contributed by atoms with E-state index in [0.717, 1.165) is 83.8 Å². The van der Waals surface area contributed by atoms with E-state index < -0.39 is 18.2 Å². The van der Waals surface area contributed by atoms with Crippen LogP contribution in [0.4, 0.5) is 4.79 Å². The molecule has 5 rings (SSSR count). The predicted octanol–water partition coefficient (Wildman–Crippen LogP) is 6.68. The fourth-order valence-corrected chi connectivity index (χ4v) is 7.74. The van der Waals surface area contributed by atoms with Crippen molar-refractivity contribution in [2.45, 2.75) is 97.2 Å². The minimum Gasteiger partial charge on any atom is -0.453 e. The van der Waals surface area contributed by atoms with Crippen molar-refractivity contribution in [3.05, 3.63) is 84.4 Å². The molecule has 0 spiro atoms. The monoisotopic (exact) mass is 766 g/mol. The van der Waals surface area contributed by atoms with Gasteiger partial charge in [0.05, 0.1) is 36.9 Å². The second-order valence-corrected chi connectivity index (χ2v) is 15.4. The van der Waals surface area contributed by atoms with Crippen LogP contribution in [0.25, 0.3) is 22.4 Å². The quantitative estimate of drug-likeness (QED) is 0.114. The molecule has 3 aromatic rings. The zero-order valence-electron chi connectivity index (χ0n) is 33.8. The average Bonchev–Trinajstić information content (AvgIpc) is 4.00. The van der Waals surface area contributed by atoms with Gasteiger partial charge < -0.3 is 35.6 Å². The van der Waals surface area contributed by atoms with Gasteiger partial charge in [-0.2, -0.15) is 0 Å². The van der Waals surface area contributed by atoms with Crippen LogP contribution in [0.3, 0.4) is 0 Å². The van der Waals surface area contributed by atoms with Crippen LogP contribution in [0.15, 0.2) is 61.5 Å². The number of methoxy groups -OCH3 is 1. The van der Waals surface area contributed by atoms with Gasteiger partial charge in [-0.15, -0.1) is 0 Å². The number of carbonyl (C=O) groups is 4. The smallest absolute Gasteiger partial charge is 0.407 e. The summed E-state index contributed by atoms with van der Waals surface area (Å²) in [4.78, 5) is 69.5. The number of nitrogens with one attached hydrogen (secondary N) is 5. The normalized spacial score (nSPS) is 19.9. The van der Waals surface area contributed by atoms with E-state index in [0.29, 0.717) is 6.54 Å². The lowest BCUT2D eigenvalue weighted by molar-refractivity contribution is -0.135. The number of nitrogens with zero attached hydrogens (tertiary/aromatic N) is 3. The second kappa shape index (κ2) is 18.9. The highest BCUT2D eigenvalue weighted by Crippen LogP contribution is 2.38. The maximum atomic E-state index is 13.5. The summed E-state index contributed by atoms with van der Waals surface area (Å²) in [6.45, 7) is 14.5. The Kier molecular flexibility index (Phi) is 14.1. The van der Waals surface area contributed by atoms with E-state index in [-0.39, 0.29) is 47.4 Å². The maximum Gasteiger partial charge on any atom is 0.407 e. The van der Waals surface area contributed by atoms with Gasteiger partial charge in [0.1, 0.15) is 23.7 Å². The van der Waals surface area contributed by atoms with Gasteiger partial charge in [-0.1, -0.05) is 89.6 Å². The van der Waals surface area contributed by atoms with Crippen molar-refractivity contribution >= 4 is 35.0 Å². The fraction of sp³-hybridized carbons (Fsp3) is 0.488. The van der Waals surface area contributed by atoms with Gasteiger partial charge in [0.2, 0.25) is 17.7 Å². The van der Waals surface area contributed by atoms with E-state index in [1.54, 1.807) is 24.3 Å². The Bertz CT molecular complexity index is 1920. The summed E-state index contributed by atoms with van der Waals surface area (Å²) < 4.78 is 4.76. The molecule has 2 aromatic heterocycles. The summed E-state index contributed by atoms with van der Waals surface area (Å²) in [6.07, 6.45) is 14.2. The molecule has 300 valence electrons.